The molecule has 2 aromatic carbocycles. The molecule has 4 heteroatoms. The highest BCUT2D eigenvalue weighted by atomic mass is 32.2. The summed E-state index contributed by atoms with van der Waals surface area (Å²) in [4.78, 5) is 10.2. The largest absolute Gasteiger partial charge is 0.606 e. The van der Waals surface area contributed by atoms with Gasteiger partial charge in [-0.25, -0.2) is 0 Å². The molecule has 26 heavy (non-hydrogen) atoms. The summed E-state index contributed by atoms with van der Waals surface area (Å²) < 4.78 is 13.1. The zero-order valence-electron chi connectivity index (χ0n) is 13.9. The standard InChI is InChI=1S/C22H16N2OS/c25-26(19-9-5-7-17(15-19)21-11-1-3-13-23-21)20-10-6-8-18(16-20)22-12-2-4-14-24-22/h1-16H. The van der Waals surface area contributed by atoms with E-state index in [-0.39, 0.29) is 0 Å². The Balaban J connectivity index is 1.67. The quantitative estimate of drug-likeness (QED) is 0.485. The van der Waals surface area contributed by atoms with Crippen LogP contribution in [0.4, 0.5) is 0 Å². The minimum Gasteiger partial charge on any atom is -0.606 e. The Hall–Kier alpha value is -2.95. The van der Waals surface area contributed by atoms with E-state index in [2.05, 4.69) is 9.97 Å². The summed E-state index contributed by atoms with van der Waals surface area (Å²) >= 11 is -1.27. The van der Waals surface area contributed by atoms with Gasteiger partial charge >= 0.3 is 0 Å². The molecule has 0 aliphatic heterocycles. The van der Waals surface area contributed by atoms with Crippen LogP contribution >= 0.6 is 0 Å². The molecular formula is C22H16N2OS. The molecular weight excluding hydrogens is 340 g/mol. The smallest absolute Gasteiger partial charge is 0.159 e. The first-order chi connectivity index (χ1) is 12.8. The van der Waals surface area contributed by atoms with Crippen LogP contribution in [0.3, 0.4) is 0 Å². The highest BCUT2D eigenvalue weighted by Gasteiger charge is 2.17. The zero-order chi connectivity index (χ0) is 17.8. The van der Waals surface area contributed by atoms with Crippen molar-refractivity contribution in [3.63, 3.8) is 0 Å². The van der Waals surface area contributed by atoms with Gasteiger partial charge in [0.1, 0.15) is 0 Å². The van der Waals surface area contributed by atoms with Gasteiger partial charge in [-0.1, -0.05) is 36.4 Å². The molecule has 0 atom stereocenters. The average molecular weight is 356 g/mol. The van der Waals surface area contributed by atoms with E-state index >= 15 is 0 Å². The number of pyridine rings is 2. The maximum absolute atomic E-state index is 13.1. The third-order valence-electron chi connectivity index (χ3n) is 4.02. The number of hydrogen-bond donors (Lipinski definition) is 0. The molecule has 4 rings (SSSR count). The molecule has 4 aromatic rings. The Morgan fingerprint density at radius 1 is 0.577 bits per heavy atom. The van der Waals surface area contributed by atoms with E-state index in [9.17, 15) is 4.55 Å². The van der Waals surface area contributed by atoms with Gasteiger partial charge in [0.25, 0.3) is 0 Å². The van der Waals surface area contributed by atoms with Crippen LogP contribution in [0.15, 0.2) is 107 Å². The maximum atomic E-state index is 13.1. The van der Waals surface area contributed by atoms with Crippen LogP contribution in [0.25, 0.3) is 22.5 Å². The molecule has 0 radical (unpaired) electrons. The lowest BCUT2D eigenvalue weighted by Crippen LogP contribution is -2.02. The number of nitrogens with zero attached hydrogens (tertiary/aromatic N) is 2. The topological polar surface area (TPSA) is 48.8 Å². The Bertz CT molecular complexity index is 924. The van der Waals surface area contributed by atoms with Crippen molar-refractivity contribution in [2.45, 2.75) is 9.79 Å². The van der Waals surface area contributed by atoms with Gasteiger partial charge in [-0.2, -0.15) is 0 Å². The summed E-state index contributed by atoms with van der Waals surface area (Å²) in [6, 6.07) is 27.0. The van der Waals surface area contributed by atoms with Crippen molar-refractivity contribution < 1.29 is 4.55 Å². The first kappa shape index (κ1) is 16.5. The van der Waals surface area contributed by atoms with Crippen LogP contribution in [0, 0.1) is 0 Å². The number of benzene rings is 2. The Labute approximate surface area is 155 Å². The minimum atomic E-state index is -1.27. The molecule has 0 N–H and O–H groups in total. The Morgan fingerprint density at radius 2 is 1.08 bits per heavy atom. The lowest BCUT2D eigenvalue weighted by molar-refractivity contribution is 0.595. The lowest BCUT2D eigenvalue weighted by Gasteiger charge is -2.12. The fourth-order valence-corrected chi connectivity index (χ4v) is 3.89. The predicted octanol–water partition coefficient (Wildman–Crippen LogP) is 4.98. The average Bonchev–Trinajstić information content (AvgIpc) is 2.75. The third kappa shape index (κ3) is 3.52. The molecule has 0 fully saturated rings. The number of aromatic nitrogens is 2. The summed E-state index contributed by atoms with van der Waals surface area (Å²) in [5, 5.41) is 0. The molecule has 126 valence electrons. The predicted molar refractivity (Wildman–Crippen MR) is 104 cm³/mol. The van der Waals surface area contributed by atoms with Crippen LogP contribution in [-0.2, 0) is 11.2 Å². The zero-order valence-corrected chi connectivity index (χ0v) is 14.8. The molecule has 0 aliphatic rings. The molecule has 0 spiro atoms. The number of hydrogen-bond acceptors (Lipinski definition) is 3. The van der Waals surface area contributed by atoms with Crippen molar-refractivity contribution in [3.05, 3.63) is 97.3 Å². The first-order valence-electron chi connectivity index (χ1n) is 8.26. The van der Waals surface area contributed by atoms with E-state index < -0.39 is 11.2 Å². The van der Waals surface area contributed by atoms with Crippen LogP contribution < -0.4 is 0 Å². The summed E-state index contributed by atoms with van der Waals surface area (Å²) in [7, 11) is 0. The van der Waals surface area contributed by atoms with Crippen LogP contribution in [0.5, 0.6) is 0 Å². The van der Waals surface area contributed by atoms with Crippen LogP contribution in [-0.4, -0.2) is 14.5 Å². The fourth-order valence-electron chi connectivity index (χ4n) is 2.74. The van der Waals surface area contributed by atoms with Gasteiger partial charge in [0, 0.05) is 46.8 Å². The van der Waals surface area contributed by atoms with E-state index in [0.717, 1.165) is 32.3 Å². The van der Waals surface area contributed by atoms with Gasteiger partial charge in [-0.3, -0.25) is 9.97 Å². The minimum absolute atomic E-state index is 0.756. The maximum Gasteiger partial charge on any atom is 0.159 e. The molecule has 2 heterocycles. The molecule has 0 saturated heterocycles. The number of rotatable bonds is 4. The summed E-state index contributed by atoms with van der Waals surface area (Å²) in [6.07, 6.45) is 3.52. The fraction of sp³-hybridized carbons (Fsp3) is 0. The van der Waals surface area contributed by atoms with E-state index in [1.165, 1.54) is 0 Å². The summed E-state index contributed by atoms with van der Waals surface area (Å²) in [5.74, 6) is 0. The molecule has 2 aromatic heterocycles. The van der Waals surface area contributed by atoms with E-state index in [4.69, 9.17) is 0 Å². The molecule has 0 unspecified atom stereocenters. The second-order valence-electron chi connectivity index (χ2n) is 5.75. The summed E-state index contributed by atoms with van der Waals surface area (Å²) in [6.45, 7) is 0. The van der Waals surface area contributed by atoms with Crippen molar-refractivity contribution in [2.75, 3.05) is 0 Å². The van der Waals surface area contributed by atoms with Crippen molar-refractivity contribution >= 4 is 11.2 Å². The van der Waals surface area contributed by atoms with E-state index in [0.29, 0.717) is 0 Å². The second-order valence-corrected chi connectivity index (χ2v) is 7.23. The van der Waals surface area contributed by atoms with Crippen molar-refractivity contribution in [3.8, 4) is 22.5 Å². The second kappa shape index (κ2) is 7.52. The molecule has 0 saturated carbocycles. The monoisotopic (exact) mass is 356 g/mol. The third-order valence-corrected chi connectivity index (χ3v) is 5.38. The lowest BCUT2D eigenvalue weighted by atomic mass is 10.1. The molecule has 0 aliphatic carbocycles. The SMILES string of the molecule is [O-][S+](c1cccc(-c2ccccn2)c1)c1cccc(-c2ccccn2)c1. The van der Waals surface area contributed by atoms with Gasteiger partial charge in [0.2, 0.25) is 0 Å². The van der Waals surface area contributed by atoms with Gasteiger partial charge in [-0.05, 0) is 36.4 Å². The van der Waals surface area contributed by atoms with E-state index in [1.807, 2.05) is 84.9 Å². The first-order valence-corrected chi connectivity index (χ1v) is 9.41. The normalized spacial score (nSPS) is 10.8. The van der Waals surface area contributed by atoms with Gasteiger partial charge in [-0.15, -0.1) is 0 Å². The van der Waals surface area contributed by atoms with Crippen LogP contribution in [0.1, 0.15) is 0 Å². The molecule has 0 bridgehead atoms. The molecule has 0 amide bonds. The summed E-state index contributed by atoms with van der Waals surface area (Å²) in [5.41, 5.74) is 3.65. The Kier molecular flexibility index (Phi) is 4.78. The van der Waals surface area contributed by atoms with Crippen molar-refractivity contribution in [1.82, 2.24) is 9.97 Å². The highest BCUT2D eigenvalue weighted by molar-refractivity contribution is 7.91. The Morgan fingerprint density at radius 3 is 1.50 bits per heavy atom. The van der Waals surface area contributed by atoms with Crippen molar-refractivity contribution in [2.24, 2.45) is 0 Å². The molecule has 3 nitrogen and oxygen atoms in total. The van der Waals surface area contributed by atoms with Gasteiger partial charge in [0.05, 0.1) is 11.4 Å². The van der Waals surface area contributed by atoms with Gasteiger partial charge in [0.15, 0.2) is 9.79 Å². The highest BCUT2D eigenvalue weighted by Crippen LogP contribution is 2.27. The van der Waals surface area contributed by atoms with Crippen molar-refractivity contribution in [1.29, 1.82) is 0 Å². The van der Waals surface area contributed by atoms with Gasteiger partial charge < -0.3 is 4.55 Å². The van der Waals surface area contributed by atoms with E-state index in [1.54, 1.807) is 12.4 Å². The van der Waals surface area contributed by atoms with Crippen LogP contribution in [0.2, 0.25) is 0 Å².